The summed E-state index contributed by atoms with van der Waals surface area (Å²) in [5.74, 6) is 1.45. The van der Waals surface area contributed by atoms with Crippen LogP contribution in [0.3, 0.4) is 0 Å². The molecule has 6 heteroatoms. The summed E-state index contributed by atoms with van der Waals surface area (Å²) in [5, 5.41) is 3.25. The lowest BCUT2D eigenvalue weighted by molar-refractivity contribution is -0.109. The summed E-state index contributed by atoms with van der Waals surface area (Å²) in [6.07, 6.45) is 0.671. The summed E-state index contributed by atoms with van der Waals surface area (Å²) in [5.41, 5.74) is 1.91. The van der Waals surface area contributed by atoms with Gasteiger partial charge in [0.2, 0.25) is 6.41 Å². The van der Waals surface area contributed by atoms with Crippen LogP contribution < -0.4 is 10.1 Å². The van der Waals surface area contributed by atoms with Crippen LogP contribution in [0.1, 0.15) is 5.82 Å². The Balaban J connectivity index is 1.78. The van der Waals surface area contributed by atoms with Crippen LogP contribution >= 0.6 is 11.6 Å². The Labute approximate surface area is 138 Å². The van der Waals surface area contributed by atoms with Crippen molar-refractivity contribution in [1.82, 2.24) is 14.9 Å². The number of ether oxygens (including phenoxy) is 1. The van der Waals surface area contributed by atoms with Gasteiger partial charge in [-0.1, -0.05) is 35.9 Å². The van der Waals surface area contributed by atoms with Gasteiger partial charge in [-0.15, -0.1) is 0 Å². The second kappa shape index (κ2) is 7.15. The first-order chi connectivity index (χ1) is 11.3. The predicted octanol–water partition coefficient (Wildman–Crippen LogP) is 3.01. The predicted molar refractivity (Wildman–Crippen MR) is 89.6 cm³/mol. The van der Waals surface area contributed by atoms with Crippen LogP contribution in [0.2, 0.25) is 5.02 Å². The summed E-state index contributed by atoms with van der Waals surface area (Å²) in [7, 11) is 0. The summed E-state index contributed by atoms with van der Waals surface area (Å²) < 4.78 is 7.79. The summed E-state index contributed by atoms with van der Waals surface area (Å²) >= 11 is 6.09. The number of hydrogen-bond donors (Lipinski definition) is 1. The molecule has 1 aromatic heterocycles. The monoisotopic (exact) mass is 329 g/mol. The molecule has 0 spiro atoms. The minimum absolute atomic E-state index is 0.379. The molecule has 1 heterocycles. The first-order valence-corrected chi connectivity index (χ1v) is 7.66. The Morgan fingerprint density at radius 1 is 1.17 bits per heavy atom. The molecule has 1 amide bonds. The Bertz CT molecular complexity index is 816. The number of nitrogens with zero attached hydrogens (tertiary/aromatic N) is 2. The van der Waals surface area contributed by atoms with Crippen LogP contribution in [0.5, 0.6) is 5.75 Å². The molecule has 3 rings (SSSR count). The topological polar surface area (TPSA) is 56.2 Å². The third-order valence-corrected chi connectivity index (χ3v) is 3.80. The van der Waals surface area contributed by atoms with Gasteiger partial charge in [-0.05, 0) is 24.3 Å². The minimum atomic E-state index is 0.379. The fourth-order valence-corrected chi connectivity index (χ4v) is 2.64. The van der Waals surface area contributed by atoms with Gasteiger partial charge in [0.1, 0.15) is 18.2 Å². The van der Waals surface area contributed by atoms with Crippen LogP contribution in [-0.2, 0) is 17.9 Å². The van der Waals surface area contributed by atoms with E-state index in [1.807, 2.05) is 47.0 Å². The maximum absolute atomic E-state index is 10.6. The molecule has 0 saturated carbocycles. The second-order valence-corrected chi connectivity index (χ2v) is 5.35. The highest BCUT2D eigenvalue weighted by atomic mass is 35.5. The van der Waals surface area contributed by atoms with Crippen molar-refractivity contribution in [2.45, 2.75) is 13.1 Å². The first-order valence-electron chi connectivity index (χ1n) is 7.28. The average Bonchev–Trinajstić information content (AvgIpc) is 2.92. The number of amides is 1. The van der Waals surface area contributed by atoms with E-state index in [1.54, 1.807) is 6.07 Å². The van der Waals surface area contributed by atoms with Gasteiger partial charge in [-0.2, -0.15) is 0 Å². The molecule has 0 aliphatic rings. The number of imidazole rings is 1. The largest absolute Gasteiger partial charge is 0.490 e. The van der Waals surface area contributed by atoms with E-state index >= 15 is 0 Å². The molecule has 0 unspecified atom stereocenters. The fraction of sp³-hybridized carbons (Fsp3) is 0.176. The van der Waals surface area contributed by atoms with E-state index < -0.39 is 0 Å². The molecule has 0 radical (unpaired) electrons. The van der Waals surface area contributed by atoms with E-state index in [4.69, 9.17) is 16.3 Å². The number of halogens is 1. The van der Waals surface area contributed by atoms with Crippen molar-refractivity contribution in [2.75, 3.05) is 6.61 Å². The third-order valence-electron chi connectivity index (χ3n) is 3.49. The van der Waals surface area contributed by atoms with Crippen molar-refractivity contribution >= 4 is 29.0 Å². The van der Waals surface area contributed by atoms with Gasteiger partial charge in [-0.25, -0.2) is 4.98 Å². The van der Waals surface area contributed by atoms with Crippen LogP contribution in [0.25, 0.3) is 11.0 Å². The van der Waals surface area contributed by atoms with Crippen LogP contribution in [0, 0.1) is 0 Å². The quantitative estimate of drug-likeness (QED) is 0.678. The summed E-state index contributed by atoms with van der Waals surface area (Å²) in [6.45, 7) is 1.45. The lowest BCUT2D eigenvalue weighted by Gasteiger charge is -2.11. The van der Waals surface area contributed by atoms with E-state index in [0.29, 0.717) is 36.9 Å². The number of benzene rings is 2. The smallest absolute Gasteiger partial charge is 0.207 e. The number of para-hydroxylation sites is 3. The molecule has 23 heavy (non-hydrogen) atoms. The number of carbonyl (C=O) groups is 1. The van der Waals surface area contributed by atoms with Gasteiger partial charge in [0, 0.05) is 0 Å². The fourth-order valence-electron chi connectivity index (χ4n) is 2.45. The molecule has 0 aliphatic heterocycles. The number of nitrogens with one attached hydrogen (secondary N) is 1. The molecule has 0 saturated heterocycles. The lowest BCUT2D eigenvalue weighted by atomic mass is 10.3. The van der Waals surface area contributed by atoms with Crippen LogP contribution in [-0.4, -0.2) is 22.6 Å². The molecule has 0 fully saturated rings. The van der Waals surface area contributed by atoms with E-state index in [2.05, 4.69) is 10.3 Å². The van der Waals surface area contributed by atoms with Gasteiger partial charge in [0.25, 0.3) is 0 Å². The molecule has 0 atom stereocenters. The van der Waals surface area contributed by atoms with Gasteiger partial charge < -0.3 is 14.6 Å². The number of aromatic nitrogens is 2. The van der Waals surface area contributed by atoms with Gasteiger partial charge in [-0.3, -0.25) is 4.79 Å². The standard InChI is InChI=1S/C17H16ClN3O2/c18-13-5-1-4-8-16(13)23-10-9-21-15-7-3-2-6-14(15)20-17(21)11-19-12-22/h1-8,12H,9-11H2,(H,19,22). The molecule has 118 valence electrons. The SMILES string of the molecule is O=CNCc1nc2ccccc2n1CCOc1ccccc1Cl. The van der Waals surface area contributed by atoms with Crippen molar-refractivity contribution < 1.29 is 9.53 Å². The third kappa shape index (κ3) is 3.46. The Morgan fingerprint density at radius 3 is 2.78 bits per heavy atom. The zero-order valence-corrected chi connectivity index (χ0v) is 13.2. The van der Waals surface area contributed by atoms with E-state index in [-0.39, 0.29) is 0 Å². The maximum Gasteiger partial charge on any atom is 0.207 e. The molecule has 2 aromatic carbocycles. The van der Waals surface area contributed by atoms with Crippen molar-refractivity contribution in [2.24, 2.45) is 0 Å². The highest BCUT2D eigenvalue weighted by Gasteiger charge is 2.10. The van der Waals surface area contributed by atoms with E-state index in [9.17, 15) is 4.79 Å². The number of carbonyl (C=O) groups excluding carboxylic acids is 1. The van der Waals surface area contributed by atoms with Gasteiger partial charge >= 0.3 is 0 Å². The number of fused-ring (bicyclic) bond motifs is 1. The lowest BCUT2D eigenvalue weighted by Crippen LogP contribution is -2.17. The van der Waals surface area contributed by atoms with Crippen molar-refractivity contribution in [3.63, 3.8) is 0 Å². The Morgan fingerprint density at radius 2 is 1.96 bits per heavy atom. The van der Waals surface area contributed by atoms with Crippen molar-refractivity contribution in [3.05, 3.63) is 59.4 Å². The first kappa shape index (κ1) is 15.4. The zero-order chi connectivity index (χ0) is 16.1. The molecular formula is C17H16ClN3O2. The molecule has 5 nitrogen and oxygen atoms in total. The number of hydrogen-bond acceptors (Lipinski definition) is 3. The molecule has 0 bridgehead atoms. The molecule has 0 aliphatic carbocycles. The summed E-state index contributed by atoms with van der Waals surface area (Å²) in [6, 6.07) is 15.2. The van der Waals surface area contributed by atoms with Crippen LogP contribution in [0.15, 0.2) is 48.5 Å². The Hall–Kier alpha value is -2.53. The average molecular weight is 330 g/mol. The summed E-state index contributed by atoms with van der Waals surface area (Å²) in [4.78, 5) is 15.1. The number of rotatable bonds is 7. The van der Waals surface area contributed by atoms with E-state index in [1.165, 1.54) is 0 Å². The molecule has 1 N–H and O–H groups in total. The van der Waals surface area contributed by atoms with E-state index in [0.717, 1.165) is 16.9 Å². The highest BCUT2D eigenvalue weighted by Crippen LogP contribution is 2.23. The van der Waals surface area contributed by atoms with Gasteiger partial charge in [0.15, 0.2) is 0 Å². The highest BCUT2D eigenvalue weighted by molar-refractivity contribution is 6.32. The zero-order valence-electron chi connectivity index (χ0n) is 12.4. The van der Waals surface area contributed by atoms with Crippen LogP contribution in [0.4, 0.5) is 0 Å². The molecule has 3 aromatic rings. The van der Waals surface area contributed by atoms with Gasteiger partial charge in [0.05, 0.1) is 29.1 Å². The maximum atomic E-state index is 10.6. The normalized spacial score (nSPS) is 10.7. The van der Waals surface area contributed by atoms with Crippen molar-refractivity contribution in [3.8, 4) is 5.75 Å². The Kier molecular flexibility index (Phi) is 4.78. The second-order valence-electron chi connectivity index (χ2n) is 4.95. The molecular weight excluding hydrogens is 314 g/mol. The van der Waals surface area contributed by atoms with Crippen molar-refractivity contribution in [1.29, 1.82) is 0 Å². The minimum Gasteiger partial charge on any atom is -0.490 e.